The summed E-state index contributed by atoms with van der Waals surface area (Å²) in [4.78, 5) is 0. The highest BCUT2D eigenvalue weighted by molar-refractivity contribution is 6.31. The van der Waals surface area contributed by atoms with Crippen molar-refractivity contribution >= 4 is 76.3 Å². The van der Waals surface area contributed by atoms with Crippen LogP contribution in [0.15, 0.2) is 162 Å². The fourth-order valence-electron chi connectivity index (χ4n) is 8.86. The second-order valence-electron chi connectivity index (χ2n) is 13.3. The summed E-state index contributed by atoms with van der Waals surface area (Å²) >= 11 is 0. The fraction of sp³-hybridized carbons (Fsp3) is 0. The molecule has 0 fully saturated rings. The summed E-state index contributed by atoms with van der Waals surface area (Å²) in [5.41, 5.74) is 14.1. The molecule has 8 aromatic carbocycles. The summed E-state index contributed by atoms with van der Waals surface area (Å²) in [7, 11) is 0. The summed E-state index contributed by atoms with van der Waals surface area (Å²) in [6.07, 6.45) is 0. The smallest absolute Gasteiger partial charge is 0.145 e. The van der Waals surface area contributed by atoms with Crippen LogP contribution in [-0.4, -0.2) is 9.13 Å². The van der Waals surface area contributed by atoms with Crippen LogP contribution in [0.2, 0.25) is 0 Å². The summed E-state index contributed by atoms with van der Waals surface area (Å²) in [5.74, 6) is 0. The van der Waals surface area contributed by atoms with Gasteiger partial charge in [0.15, 0.2) is 0 Å². The normalized spacial score (nSPS) is 12.5. The minimum absolute atomic E-state index is 0.915. The SMILES string of the molecule is c1ccc(-n2c3ccc4c5ccccc5oc4c3c3ccc4c(c5ccccc5n4-c4ccc5c(c4)-c4cccc6cccc-5c46)c32)cc1. The molecule has 12 rings (SSSR count). The number of benzene rings is 8. The van der Waals surface area contributed by atoms with Gasteiger partial charge in [-0.2, -0.15) is 0 Å². The largest absolute Gasteiger partial charge is 0.455 e. The first-order valence-electron chi connectivity index (χ1n) is 16.9. The van der Waals surface area contributed by atoms with Gasteiger partial charge in [0.25, 0.3) is 0 Å². The molecule has 11 aromatic rings. The van der Waals surface area contributed by atoms with Crippen molar-refractivity contribution in [2.24, 2.45) is 0 Å². The van der Waals surface area contributed by atoms with Gasteiger partial charge in [-0.1, -0.05) is 97.1 Å². The van der Waals surface area contributed by atoms with Gasteiger partial charge in [0, 0.05) is 38.3 Å². The molecule has 1 aliphatic rings. The number of fused-ring (bicyclic) bond motifs is 14. The van der Waals surface area contributed by atoms with Crippen molar-refractivity contribution in [1.29, 1.82) is 0 Å². The molecule has 3 heterocycles. The van der Waals surface area contributed by atoms with Crippen LogP contribution in [0.3, 0.4) is 0 Å². The van der Waals surface area contributed by atoms with Crippen molar-refractivity contribution in [3.63, 3.8) is 0 Å². The molecule has 1 aliphatic carbocycles. The average Bonchev–Trinajstić information content (AvgIpc) is 3.89. The van der Waals surface area contributed by atoms with Crippen LogP contribution in [0.1, 0.15) is 0 Å². The van der Waals surface area contributed by atoms with Gasteiger partial charge in [-0.15, -0.1) is 0 Å². The van der Waals surface area contributed by atoms with Crippen LogP contribution in [-0.2, 0) is 0 Å². The van der Waals surface area contributed by atoms with Gasteiger partial charge in [-0.3, -0.25) is 0 Å². The molecule has 3 aromatic heterocycles. The van der Waals surface area contributed by atoms with Crippen LogP contribution in [0.25, 0.3) is 110 Å². The zero-order valence-electron chi connectivity index (χ0n) is 26.3. The van der Waals surface area contributed by atoms with E-state index in [0.717, 1.165) is 44.2 Å². The molecule has 0 radical (unpaired) electrons. The third-order valence-electron chi connectivity index (χ3n) is 10.8. The molecule has 0 atom stereocenters. The number of hydrogen-bond acceptors (Lipinski definition) is 1. The second kappa shape index (κ2) is 9.06. The Balaban J connectivity index is 1.23. The van der Waals surface area contributed by atoms with E-state index in [0.29, 0.717) is 0 Å². The van der Waals surface area contributed by atoms with Crippen LogP contribution < -0.4 is 0 Å². The fourth-order valence-corrected chi connectivity index (χ4v) is 8.86. The van der Waals surface area contributed by atoms with Gasteiger partial charge in [-0.05, 0) is 93.7 Å². The monoisotopic (exact) mass is 622 g/mol. The average molecular weight is 623 g/mol. The lowest BCUT2D eigenvalue weighted by Gasteiger charge is -2.12. The summed E-state index contributed by atoms with van der Waals surface area (Å²) in [5, 5.41) is 9.74. The first kappa shape index (κ1) is 25.5. The van der Waals surface area contributed by atoms with Gasteiger partial charge >= 0.3 is 0 Å². The van der Waals surface area contributed by atoms with E-state index < -0.39 is 0 Å². The van der Waals surface area contributed by atoms with E-state index in [1.54, 1.807) is 0 Å². The Hall–Kier alpha value is -6.58. The molecule has 0 bridgehead atoms. The van der Waals surface area contributed by atoms with Crippen LogP contribution in [0.4, 0.5) is 0 Å². The number of nitrogens with zero attached hydrogens (tertiary/aromatic N) is 2. The van der Waals surface area contributed by atoms with Crippen molar-refractivity contribution in [3.05, 3.63) is 158 Å². The van der Waals surface area contributed by atoms with Crippen molar-refractivity contribution in [2.75, 3.05) is 0 Å². The van der Waals surface area contributed by atoms with Gasteiger partial charge in [0.05, 0.1) is 27.5 Å². The Morgan fingerprint density at radius 2 is 1.08 bits per heavy atom. The number of hydrogen-bond donors (Lipinski definition) is 0. The highest BCUT2D eigenvalue weighted by Crippen LogP contribution is 2.49. The number of rotatable bonds is 2. The van der Waals surface area contributed by atoms with Gasteiger partial charge in [0.2, 0.25) is 0 Å². The molecule has 0 saturated heterocycles. The Bertz CT molecular complexity index is 3200. The molecule has 0 spiro atoms. The van der Waals surface area contributed by atoms with Crippen LogP contribution >= 0.6 is 0 Å². The predicted octanol–water partition coefficient (Wildman–Crippen LogP) is 12.6. The highest BCUT2D eigenvalue weighted by atomic mass is 16.3. The van der Waals surface area contributed by atoms with E-state index >= 15 is 0 Å². The van der Waals surface area contributed by atoms with Crippen molar-refractivity contribution in [1.82, 2.24) is 9.13 Å². The minimum Gasteiger partial charge on any atom is -0.455 e. The first-order chi connectivity index (χ1) is 24.3. The maximum atomic E-state index is 6.67. The molecule has 3 nitrogen and oxygen atoms in total. The Morgan fingerprint density at radius 1 is 0.367 bits per heavy atom. The third kappa shape index (κ3) is 3.17. The lowest BCUT2D eigenvalue weighted by molar-refractivity contribution is 0.673. The van der Waals surface area contributed by atoms with E-state index in [4.69, 9.17) is 4.42 Å². The molecule has 49 heavy (non-hydrogen) atoms. The summed E-state index contributed by atoms with van der Waals surface area (Å²) < 4.78 is 11.6. The second-order valence-corrected chi connectivity index (χ2v) is 13.3. The zero-order valence-corrected chi connectivity index (χ0v) is 26.3. The molecule has 0 N–H and O–H groups in total. The highest BCUT2D eigenvalue weighted by Gasteiger charge is 2.25. The molecule has 226 valence electrons. The number of furan rings is 1. The first-order valence-corrected chi connectivity index (χ1v) is 16.9. The lowest BCUT2D eigenvalue weighted by Crippen LogP contribution is -1.95. The van der Waals surface area contributed by atoms with Gasteiger partial charge in [0.1, 0.15) is 11.2 Å². The standard InChI is InChI=1S/C46H26N2O/c1-2-12-28(13-3-1)48-40-24-22-34-31-14-5-7-19-41(31)49-46(34)44(40)36-23-25-39-43(45(36)48)35-15-4-6-18-38(35)47(39)29-20-21-30-32-16-8-10-27-11-9-17-33(42(27)32)37(30)26-29/h1-26H. The Kier molecular flexibility index (Phi) is 4.72. The lowest BCUT2D eigenvalue weighted by atomic mass is 10.0. The molecular formula is C46H26N2O. The maximum absolute atomic E-state index is 6.67. The number of para-hydroxylation sites is 3. The van der Waals surface area contributed by atoms with Crippen molar-refractivity contribution in [3.8, 4) is 33.6 Å². The van der Waals surface area contributed by atoms with Gasteiger partial charge < -0.3 is 13.6 Å². The molecule has 0 saturated carbocycles. The molecule has 3 heteroatoms. The molecule has 0 unspecified atom stereocenters. The minimum atomic E-state index is 0.915. The van der Waals surface area contributed by atoms with Gasteiger partial charge in [-0.25, -0.2) is 0 Å². The summed E-state index contributed by atoms with van der Waals surface area (Å²) in [6.45, 7) is 0. The van der Waals surface area contributed by atoms with Crippen molar-refractivity contribution in [2.45, 2.75) is 0 Å². The Labute approximate surface area is 280 Å². The quantitative estimate of drug-likeness (QED) is 0.188. The molecular weight excluding hydrogens is 597 g/mol. The third-order valence-corrected chi connectivity index (χ3v) is 10.8. The predicted molar refractivity (Wildman–Crippen MR) is 204 cm³/mol. The maximum Gasteiger partial charge on any atom is 0.145 e. The van der Waals surface area contributed by atoms with Crippen LogP contribution in [0, 0.1) is 0 Å². The van der Waals surface area contributed by atoms with E-state index in [-0.39, 0.29) is 0 Å². The molecule has 0 aliphatic heterocycles. The summed E-state index contributed by atoms with van der Waals surface area (Å²) in [6, 6.07) is 57.4. The van der Waals surface area contributed by atoms with Crippen molar-refractivity contribution < 1.29 is 4.42 Å². The molecule has 0 amide bonds. The Morgan fingerprint density at radius 3 is 1.94 bits per heavy atom. The zero-order chi connectivity index (χ0) is 31.8. The van der Waals surface area contributed by atoms with E-state index in [9.17, 15) is 0 Å². The van der Waals surface area contributed by atoms with Crippen LogP contribution in [0.5, 0.6) is 0 Å². The number of aromatic nitrogens is 2. The van der Waals surface area contributed by atoms with E-state index in [2.05, 4.69) is 161 Å². The van der Waals surface area contributed by atoms with E-state index in [1.807, 2.05) is 6.07 Å². The van der Waals surface area contributed by atoms with E-state index in [1.165, 1.54) is 65.7 Å². The topological polar surface area (TPSA) is 23.0 Å².